The molecule has 0 atom stereocenters. The largest absolute Gasteiger partial charge is 0.465 e. The summed E-state index contributed by atoms with van der Waals surface area (Å²) in [6, 6.07) is 2.18. The van der Waals surface area contributed by atoms with Crippen LogP contribution in [-0.4, -0.2) is 45.3 Å². The van der Waals surface area contributed by atoms with E-state index in [0.29, 0.717) is 19.1 Å². The number of amides is 1. The molecule has 6 heteroatoms. The summed E-state index contributed by atoms with van der Waals surface area (Å²) < 4.78 is 5.47. The zero-order chi connectivity index (χ0) is 11.7. The number of rotatable bonds is 2. The van der Waals surface area contributed by atoms with Gasteiger partial charge in [0.05, 0.1) is 13.1 Å². The van der Waals surface area contributed by atoms with Crippen LogP contribution in [0.5, 0.6) is 6.01 Å². The van der Waals surface area contributed by atoms with Gasteiger partial charge in [0, 0.05) is 11.4 Å². The van der Waals surface area contributed by atoms with Gasteiger partial charge in [-0.25, -0.2) is 14.8 Å². The Morgan fingerprint density at radius 1 is 1.44 bits per heavy atom. The second-order valence-corrected chi connectivity index (χ2v) is 3.86. The first-order valence-electron chi connectivity index (χ1n) is 5.01. The van der Waals surface area contributed by atoms with Gasteiger partial charge in [0.1, 0.15) is 6.10 Å². The van der Waals surface area contributed by atoms with Crippen LogP contribution in [-0.2, 0) is 0 Å². The van der Waals surface area contributed by atoms with Crippen LogP contribution in [0.3, 0.4) is 0 Å². The van der Waals surface area contributed by atoms with E-state index in [1.54, 1.807) is 0 Å². The fourth-order valence-electron chi connectivity index (χ4n) is 1.56. The maximum Gasteiger partial charge on any atom is 0.407 e. The van der Waals surface area contributed by atoms with Gasteiger partial charge in [-0.15, -0.1) is 0 Å². The molecule has 6 nitrogen and oxygen atoms in total. The van der Waals surface area contributed by atoms with Gasteiger partial charge in [-0.3, -0.25) is 0 Å². The molecule has 0 aromatic carbocycles. The van der Waals surface area contributed by atoms with Crippen molar-refractivity contribution in [3.05, 3.63) is 17.5 Å². The third-order valence-corrected chi connectivity index (χ3v) is 2.35. The molecule has 1 aromatic rings. The highest BCUT2D eigenvalue weighted by Crippen LogP contribution is 2.15. The first-order valence-corrected chi connectivity index (χ1v) is 5.01. The fourth-order valence-corrected chi connectivity index (χ4v) is 1.56. The Balaban J connectivity index is 1.94. The van der Waals surface area contributed by atoms with Crippen molar-refractivity contribution in [1.82, 2.24) is 14.9 Å². The summed E-state index contributed by atoms with van der Waals surface area (Å²) in [5.74, 6) is 0. The minimum atomic E-state index is -0.916. The summed E-state index contributed by atoms with van der Waals surface area (Å²) in [7, 11) is 0. The lowest BCUT2D eigenvalue weighted by Crippen LogP contribution is -2.55. The molecular formula is C10H13N3O3. The quantitative estimate of drug-likeness (QED) is 0.803. The van der Waals surface area contributed by atoms with E-state index < -0.39 is 6.09 Å². The lowest BCUT2D eigenvalue weighted by Gasteiger charge is -2.36. The van der Waals surface area contributed by atoms with Gasteiger partial charge in [-0.1, -0.05) is 0 Å². The molecule has 0 saturated carbocycles. The number of likely N-dealkylation sites (tertiary alicyclic amines) is 1. The Hall–Kier alpha value is -1.85. The van der Waals surface area contributed by atoms with Crippen LogP contribution in [0.15, 0.2) is 6.07 Å². The molecule has 1 aromatic heterocycles. The van der Waals surface area contributed by atoms with E-state index in [1.165, 1.54) is 4.90 Å². The molecule has 0 bridgehead atoms. The highest BCUT2D eigenvalue weighted by Gasteiger charge is 2.32. The zero-order valence-corrected chi connectivity index (χ0v) is 9.17. The number of carbonyl (C=O) groups is 1. The summed E-state index contributed by atoms with van der Waals surface area (Å²) >= 11 is 0. The third-order valence-electron chi connectivity index (χ3n) is 2.35. The number of hydrogen-bond acceptors (Lipinski definition) is 4. The number of nitrogens with zero attached hydrogens (tertiary/aromatic N) is 3. The summed E-state index contributed by atoms with van der Waals surface area (Å²) in [5.41, 5.74) is 1.69. The molecule has 2 rings (SSSR count). The summed E-state index contributed by atoms with van der Waals surface area (Å²) in [6.45, 7) is 4.50. The van der Waals surface area contributed by atoms with E-state index in [4.69, 9.17) is 9.84 Å². The van der Waals surface area contributed by atoms with E-state index in [9.17, 15) is 4.79 Å². The number of aromatic nitrogens is 2. The van der Waals surface area contributed by atoms with Crippen LogP contribution in [0.4, 0.5) is 4.79 Å². The number of aryl methyl sites for hydroxylation is 2. The zero-order valence-electron chi connectivity index (χ0n) is 9.17. The molecule has 0 unspecified atom stereocenters. The third kappa shape index (κ3) is 2.21. The van der Waals surface area contributed by atoms with Crippen molar-refractivity contribution in [1.29, 1.82) is 0 Å². The highest BCUT2D eigenvalue weighted by atomic mass is 16.5. The van der Waals surface area contributed by atoms with E-state index in [1.807, 2.05) is 19.9 Å². The standard InChI is InChI=1S/C10H13N3O3/c1-6-3-7(2)12-9(11-6)16-8-4-13(5-8)10(14)15/h3,8H,4-5H2,1-2H3,(H,14,15). The van der Waals surface area contributed by atoms with Gasteiger partial charge in [-0.05, 0) is 19.9 Å². The van der Waals surface area contributed by atoms with Gasteiger partial charge < -0.3 is 14.7 Å². The minimum Gasteiger partial charge on any atom is -0.465 e. The van der Waals surface area contributed by atoms with Crippen molar-refractivity contribution >= 4 is 6.09 Å². The van der Waals surface area contributed by atoms with Crippen molar-refractivity contribution in [2.75, 3.05) is 13.1 Å². The van der Waals surface area contributed by atoms with Crippen molar-refractivity contribution < 1.29 is 14.6 Å². The molecule has 1 N–H and O–H groups in total. The van der Waals surface area contributed by atoms with Crippen LogP contribution < -0.4 is 4.74 Å². The van der Waals surface area contributed by atoms with E-state index in [0.717, 1.165) is 11.4 Å². The molecule has 0 aliphatic carbocycles. The highest BCUT2D eigenvalue weighted by molar-refractivity contribution is 5.66. The van der Waals surface area contributed by atoms with Crippen LogP contribution >= 0.6 is 0 Å². The molecule has 1 fully saturated rings. The summed E-state index contributed by atoms with van der Waals surface area (Å²) in [4.78, 5) is 20.1. The van der Waals surface area contributed by atoms with Gasteiger partial charge in [0.15, 0.2) is 0 Å². The van der Waals surface area contributed by atoms with Crippen molar-refractivity contribution in [3.63, 3.8) is 0 Å². The van der Waals surface area contributed by atoms with E-state index in [-0.39, 0.29) is 6.10 Å². The topological polar surface area (TPSA) is 75.5 Å². The van der Waals surface area contributed by atoms with E-state index >= 15 is 0 Å². The molecule has 1 saturated heterocycles. The van der Waals surface area contributed by atoms with Crippen molar-refractivity contribution in [3.8, 4) is 6.01 Å². The monoisotopic (exact) mass is 223 g/mol. The maximum atomic E-state index is 10.5. The molecule has 2 heterocycles. The second-order valence-electron chi connectivity index (χ2n) is 3.86. The smallest absolute Gasteiger partial charge is 0.407 e. The fraction of sp³-hybridized carbons (Fsp3) is 0.500. The first kappa shape index (κ1) is 10.7. The number of hydrogen-bond donors (Lipinski definition) is 1. The lowest BCUT2D eigenvalue weighted by molar-refractivity contribution is 0.0199. The second kappa shape index (κ2) is 3.96. The van der Waals surface area contributed by atoms with Gasteiger partial charge >= 0.3 is 12.1 Å². The molecule has 0 radical (unpaired) electrons. The average molecular weight is 223 g/mol. The van der Waals surface area contributed by atoms with Crippen molar-refractivity contribution in [2.45, 2.75) is 20.0 Å². The summed E-state index contributed by atoms with van der Waals surface area (Å²) in [5, 5.41) is 8.64. The first-order chi connectivity index (χ1) is 7.54. The minimum absolute atomic E-state index is 0.128. The van der Waals surface area contributed by atoms with Gasteiger partial charge in [0.25, 0.3) is 0 Å². The molecular weight excluding hydrogens is 210 g/mol. The Morgan fingerprint density at radius 3 is 2.50 bits per heavy atom. The van der Waals surface area contributed by atoms with Crippen LogP contribution in [0.2, 0.25) is 0 Å². The van der Waals surface area contributed by atoms with Gasteiger partial charge in [-0.2, -0.15) is 0 Å². The normalized spacial score (nSPS) is 15.8. The molecule has 86 valence electrons. The maximum absolute atomic E-state index is 10.5. The predicted molar refractivity (Wildman–Crippen MR) is 55.5 cm³/mol. The van der Waals surface area contributed by atoms with Crippen molar-refractivity contribution in [2.24, 2.45) is 0 Å². The molecule has 1 aliphatic heterocycles. The lowest BCUT2D eigenvalue weighted by atomic mass is 10.2. The molecule has 1 amide bonds. The summed E-state index contributed by atoms with van der Waals surface area (Å²) in [6.07, 6.45) is -1.04. The molecule has 1 aliphatic rings. The predicted octanol–water partition coefficient (Wildman–Crippen LogP) is 0.834. The van der Waals surface area contributed by atoms with Gasteiger partial charge in [0.2, 0.25) is 0 Å². The van der Waals surface area contributed by atoms with Crippen LogP contribution in [0.25, 0.3) is 0 Å². The Kier molecular flexibility index (Phi) is 2.64. The average Bonchev–Trinajstić information content (AvgIpc) is 2.08. The van der Waals surface area contributed by atoms with E-state index in [2.05, 4.69) is 9.97 Å². The Morgan fingerprint density at radius 2 is 2.00 bits per heavy atom. The Labute approximate surface area is 92.9 Å². The van der Waals surface area contributed by atoms with Crippen LogP contribution in [0.1, 0.15) is 11.4 Å². The van der Waals surface area contributed by atoms with Crippen LogP contribution in [0, 0.1) is 13.8 Å². The number of carboxylic acid groups (broad SMARTS) is 1. The Bertz CT molecular complexity index is 396. The number of ether oxygens (including phenoxy) is 1. The molecule has 0 spiro atoms. The molecule has 16 heavy (non-hydrogen) atoms. The SMILES string of the molecule is Cc1cc(C)nc(OC2CN(C(=O)O)C2)n1.